The molecule has 0 aromatic rings. The smallest absolute Gasteiger partial charge is 0.311 e. The van der Waals surface area contributed by atoms with E-state index in [1.165, 1.54) is 25.7 Å². The number of aliphatic hydroxyl groups excluding tert-OH is 1. The van der Waals surface area contributed by atoms with Crippen molar-refractivity contribution in [2.45, 2.75) is 82.6 Å². The zero-order chi connectivity index (χ0) is 18.1. The standard InChI is InChI=1S/C21H33NO4/c1-13-6-5-8-20(2)10-16-17(18-21(13,20)26-18)15(19(24)25-16)11-22-9-4-3-7-14(22)12-23/h13-18,23H,3-12H2,1-2H3/t13-,14?,15?,16+,17+,18-,20+,21-/m0/s1. The fourth-order valence-electron chi connectivity index (χ4n) is 7.20. The molecule has 0 aromatic carbocycles. The van der Waals surface area contributed by atoms with Crippen LogP contribution in [0.5, 0.6) is 0 Å². The Morgan fingerprint density at radius 3 is 2.92 bits per heavy atom. The van der Waals surface area contributed by atoms with Crippen LogP contribution in [0.4, 0.5) is 0 Å². The highest BCUT2D eigenvalue weighted by molar-refractivity contribution is 5.76. The van der Waals surface area contributed by atoms with Crippen molar-refractivity contribution >= 4 is 5.97 Å². The topological polar surface area (TPSA) is 62.3 Å². The molecule has 5 heteroatoms. The molecule has 1 N–H and O–H groups in total. The van der Waals surface area contributed by atoms with Gasteiger partial charge in [0.1, 0.15) is 11.7 Å². The van der Waals surface area contributed by atoms with Crippen LogP contribution in [0.25, 0.3) is 0 Å². The minimum absolute atomic E-state index is 0.0169. The summed E-state index contributed by atoms with van der Waals surface area (Å²) >= 11 is 0. The summed E-state index contributed by atoms with van der Waals surface area (Å²) in [5.41, 5.74) is 0.140. The third-order valence-corrected chi connectivity index (χ3v) is 8.59. The van der Waals surface area contributed by atoms with Gasteiger partial charge in [-0.15, -0.1) is 0 Å². The van der Waals surface area contributed by atoms with E-state index in [0.717, 1.165) is 32.4 Å². The summed E-state index contributed by atoms with van der Waals surface area (Å²) < 4.78 is 12.4. The lowest BCUT2D eigenvalue weighted by Gasteiger charge is -2.49. The van der Waals surface area contributed by atoms with E-state index in [1.807, 2.05) is 0 Å². The number of piperidine rings is 1. The number of ether oxygens (including phenoxy) is 2. The summed E-state index contributed by atoms with van der Waals surface area (Å²) in [5.74, 6) is 0.666. The molecule has 26 heavy (non-hydrogen) atoms. The number of rotatable bonds is 3. The maximum absolute atomic E-state index is 12.8. The first-order valence-electron chi connectivity index (χ1n) is 10.7. The minimum atomic E-state index is -0.0878. The molecular formula is C21H33NO4. The first-order chi connectivity index (χ1) is 12.5. The predicted octanol–water partition coefficient (Wildman–Crippen LogP) is 2.36. The van der Waals surface area contributed by atoms with Crippen molar-refractivity contribution < 1.29 is 19.4 Å². The van der Waals surface area contributed by atoms with Crippen molar-refractivity contribution in [2.75, 3.05) is 19.7 Å². The third-order valence-electron chi connectivity index (χ3n) is 8.59. The van der Waals surface area contributed by atoms with Gasteiger partial charge >= 0.3 is 5.97 Å². The van der Waals surface area contributed by atoms with Gasteiger partial charge in [-0.3, -0.25) is 9.69 Å². The van der Waals surface area contributed by atoms with Crippen molar-refractivity contribution in [2.24, 2.45) is 23.2 Å². The molecule has 2 aliphatic carbocycles. The number of fused-ring (bicyclic) bond motifs is 2. The fourth-order valence-corrected chi connectivity index (χ4v) is 7.20. The zero-order valence-electron chi connectivity index (χ0n) is 16.2. The highest BCUT2D eigenvalue weighted by Gasteiger charge is 2.78. The number of aliphatic hydroxyl groups is 1. The average molecular weight is 363 g/mol. The summed E-state index contributed by atoms with van der Waals surface area (Å²) in [5, 5.41) is 9.73. The van der Waals surface area contributed by atoms with Crippen molar-refractivity contribution in [3.05, 3.63) is 0 Å². The SMILES string of the molecule is C[C@H]1CCC[C@]2(C)C[C@H]3OC(=O)C(CN4CCCCC4CO)[C@H]3[C@@H]3O[C@@]132. The lowest BCUT2D eigenvalue weighted by Crippen LogP contribution is -2.55. The molecule has 1 spiro atoms. The number of hydrogen-bond donors (Lipinski definition) is 1. The second-order valence-corrected chi connectivity index (χ2v) is 9.88. The van der Waals surface area contributed by atoms with Crippen LogP contribution < -0.4 is 0 Å². The molecule has 146 valence electrons. The van der Waals surface area contributed by atoms with E-state index in [2.05, 4.69) is 18.7 Å². The van der Waals surface area contributed by atoms with Crippen LogP contribution in [0.2, 0.25) is 0 Å². The Kier molecular flexibility index (Phi) is 3.97. The molecule has 3 aliphatic heterocycles. The lowest BCUT2D eigenvalue weighted by molar-refractivity contribution is -0.147. The second kappa shape index (κ2) is 5.92. The summed E-state index contributed by atoms with van der Waals surface area (Å²) in [6.45, 7) is 6.61. The van der Waals surface area contributed by atoms with Crippen molar-refractivity contribution in [3.8, 4) is 0 Å². The molecule has 8 atom stereocenters. The fraction of sp³-hybridized carbons (Fsp3) is 0.952. The Balaban J connectivity index is 1.39. The largest absolute Gasteiger partial charge is 0.462 e. The molecule has 0 amide bonds. The quantitative estimate of drug-likeness (QED) is 0.616. The number of likely N-dealkylation sites (tertiary alicyclic amines) is 1. The maximum Gasteiger partial charge on any atom is 0.311 e. The Morgan fingerprint density at radius 2 is 2.12 bits per heavy atom. The van der Waals surface area contributed by atoms with Crippen LogP contribution in [-0.2, 0) is 14.3 Å². The van der Waals surface area contributed by atoms with Crippen LogP contribution in [-0.4, -0.2) is 59.5 Å². The Bertz CT molecular complexity index is 597. The third kappa shape index (κ3) is 2.23. The molecule has 2 saturated carbocycles. The minimum Gasteiger partial charge on any atom is -0.462 e. The molecule has 0 aromatic heterocycles. The van der Waals surface area contributed by atoms with Crippen molar-refractivity contribution in [3.63, 3.8) is 0 Å². The number of epoxide rings is 1. The molecule has 2 unspecified atom stereocenters. The van der Waals surface area contributed by atoms with Gasteiger partial charge in [0, 0.05) is 23.9 Å². The number of carbonyl (C=O) groups excluding carboxylic acids is 1. The molecule has 0 bridgehead atoms. The number of nitrogens with zero attached hydrogens (tertiary/aromatic N) is 1. The van der Waals surface area contributed by atoms with Crippen LogP contribution >= 0.6 is 0 Å². The summed E-state index contributed by atoms with van der Waals surface area (Å²) in [4.78, 5) is 15.1. The van der Waals surface area contributed by atoms with E-state index in [1.54, 1.807) is 0 Å². The van der Waals surface area contributed by atoms with E-state index in [-0.39, 0.29) is 53.7 Å². The summed E-state index contributed by atoms with van der Waals surface area (Å²) in [6.07, 6.45) is 8.24. The van der Waals surface area contributed by atoms with Gasteiger partial charge in [-0.2, -0.15) is 0 Å². The van der Waals surface area contributed by atoms with Crippen molar-refractivity contribution in [1.82, 2.24) is 4.90 Å². The van der Waals surface area contributed by atoms with Gasteiger partial charge in [-0.1, -0.05) is 26.7 Å². The lowest BCUT2D eigenvalue weighted by atomic mass is 9.53. The molecule has 0 radical (unpaired) electrons. The van der Waals surface area contributed by atoms with E-state index >= 15 is 0 Å². The summed E-state index contributed by atoms with van der Waals surface area (Å²) in [7, 11) is 0. The van der Waals surface area contributed by atoms with Gasteiger partial charge in [0.25, 0.3) is 0 Å². The van der Waals surface area contributed by atoms with E-state index in [9.17, 15) is 9.90 Å². The normalized spacial score (nSPS) is 53.4. The molecular weight excluding hydrogens is 330 g/mol. The van der Waals surface area contributed by atoms with Gasteiger partial charge in [-0.25, -0.2) is 0 Å². The molecule has 5 nitrogen and oxygen atoms in total. The first kappa shape index (κ1) is 17.4. The highest BCUT2D eigenvalue weighted by Crippen LogP contribution is 2.70. The predicted molar refractivity (Wildman–Crippen MR) is 96.5 cm³/mol. The Morgan fingerprint density at radius 1 is 1.27 bits per heavy atom. The van der Waals surface area contributed by atoms with Gasteiger partial charge in [0.15, 0.2) is 0 Å². The monoisotopic (exact) mass is 363 g/mol. The molecule has 3 heterocycles. The molecule has 3 saturated heterocycles. The van der Waals surface area contributed by atoms with E-state index in [4.69, 9.17) is 9.47 Å². The molecule has 5 aliphatic rings. The van der Waals surface area contributed by atoms with Gasteiger partial charge in [0.2, 0.25) is 0 Å². The Labute approximate surface area is 156 Å². The average Bonchev–Trinajstić information content (AvgIpc) is 3.30. The van der Waals surface area contributed by atoms with Gasteiger partial charge in [-0.05, 0) is 44.6 Å². The number of hydrogen-bond acceptors (Lipinski definition) is 5. The van der Waals surface area contributed by atoms with Crippen molar-refractivity contribution in [1.29, 1.82) is 0 Å². The van der Waals surface area contributed by atoms with Crippen LogP contribution in [0.3, 0.4) is 0 Å². The van der Waals surface area contributed by atoms with Crippen LogP contribution in [0, 0.1) is 23.2 Å². The van der Waals surface area contributed by atoms with Crippen LogP contribution in [0.1, 0.15) is 58.8 Å². The Hall–Kier alpha value is -0.650. The highest BCUT2D eigenvalue weighted by atomic mass is 16.6. The van der Waals surface area contributed by atoms with E-state index < -0.39 is 0 Å². The second-order valence-electron chi connectivity index (χ2n) is 9.88. The molecule has 5 fully saturated rings. The number of esters is 1. The summed E-state index contributed by atoms with van der Waals surface area (Å²) in [6, 6.07) is 0.201. The first-order valence-corrected chi connectivity index (χ1v) is 10.7. The van der Waals surface area contributed by atoms with E-state index in [0.29, 0.717) is 5.92 Å². The zero-order valence-corrected chi connectivity index (χ0v) is 16.2. The van der Waals surface area contributed by atoms with Gasteiger partial charge < -0.3 is 14.6 Å². The number of carbonyl (C=O) groups is 1. The maximum atomic E-state index is 12.8. The van der Waals surface area contributed by atoms with Gasteiger partial charge in [0.05, 0.1) is 18.6 Å². The molecule has 5 rings (SSSR count). The van der Waals surface area contributed by atoms with Crippen LogP contribution in [0.15, 0.2) is 0 Å².